The minimum Gasteiger partial charge on any atom is -0.497 e. The largest absolute Gasteiger partial charge is 0.497 e. The molecule has 0 radical (unpaired) electrons. The van der Waals surface area contributed by atoms with Gasteiger partial charge in [0.15, 0.2) is 5.96 Å². The van der Waals surface area contributed by atoms with Crippen molar-refractivity contribution < 1.29 is 13.2 Å². The second kappa shape index (κ2) is 9.22. The zero-order valence-corrected chi connectivity index (χ0v) is 16.8. The van der Waals surface area contributed by atoms with Crippen molar-refractivity contribution in [3.05, 3.63) is 45.8 Å². The van der Waals surface area contributed by atoms with Gasteiger partial charge in [-0.1, -0.05) is 17.7 Å². The van der Waals surface area contributed by atoms with Gasteiger partial charge < -0.3 is 15.4 Å². The number of benzene rings is 1. The first-order valence-corrected chi connectivity index (χ1v) is 10.5. The van der Waals surface area contributed by atoms with Gasteiger partial charge in [0.2, 0.25) is 10.0 Å². The van der Waals surface area contributed by atoms with Crippen molar-refractivity contribution in [2.45, 2.75) is 17.2 Å². The van der Waals surface area contributed by atoms with Gasteiger partial charge in [0.1, 0.15) is 9.96 Å². The van der Waals surface area contributed by atoms with Crippen molar-refractivity contribution in [3.63, 3.8) is 0 Å². The van der Waals surface area contributed by atoms with E-state index in [1.54, 1.807) is 26.3 Å². The predicted molar refractivity (Wildman–Crippen MR) is 106 cm³/mol. The smallest absolute Gasteiger partial charge is 0.247 e. The van der Waals surface area contributed by atoms with Crippen LogP contribution in [-0.4, -0.2) is 35.1 Å². The molecular weight excluding hydrogens is 396 g/mol. The number of hydrogen-bond acceptors (Lipinski definition) is 5. The van der Waals surface area contributed by atoms with Crippen LogP contribution in [-0.2, 0) is 23.0 Å². The SMILES string of the molecule is CN=C(NCCc1ccc(OC)cc1Cl)NCc1ccc(S(N)(=O)=O)s1. The molecule has 1 aromatic heterocycles. The number of nitrogens with one attached hydrogen (secondary N) is 2. The van der Waals surface area contributed by atoms with Crippen molar-refractivity contribution in [1.82, 2.24) is 10.6 Å². The van der Waals surface area contributed by atoms with Crippen molar-refractivity contribution in [2.75, 3.05) is 20.7 Å². The van der Waals surface area contributed by atoms with E-state index in [-0.39, 0.29) is 4.21 Å². The lowest BCUT2D eigenvalue weighted by Crippen LogP contribution is -2.37. The molecule has 7 nitrogen and oxygen atoms in total. The molecular formula is C16H21ClN4O3S2. The maximum absolute atomic E-state index is 11.3. The first kappa shape index (κ1) is 20.5. The molecule has 10 heteroatoms. The second-order valence-electron chi connectivity index (χ2n) is 5.33. The summed E-state index contributed by atoms with van der Waals surface area (Å²) in [5.74, 6) is 1.33. The van der Waals surface area contributed by atoms with Crippen LogP contribution in [0.1, 0.15) is 10.4 Å². The summed E-state index contributed by atoms with van der Waals surface area (Å²) < 4.78 is 27.9. The van der Waals surface area contributed by atoms with Crippen molar-refractivity contribution in [1.29, 1.82) is 0 Å². The third-order valence-electron chi connectivity index (χ3n) is 3.52. The van der Waals surface area contributed by atoms with Gasteiger partial charge in [0, 0.05) is 23.5 Å². The molecule has 26 heavy (non-hydrogen) atoms. The Morgan fingerprint density at radius 2 is 2.08 bits per heavy atom. The molecule has 0 amide bonds. The Bertz CT molecular complexity index is 881. The van der Waals surface area contributed by atoms with E-state index < -0.39 is 10.0 Å². The maximum atomic E-state index is 11.3. The van der Waals surface area contributed by atoms with Gasteiger partial charge in [-0.25, -0.2) is 13.6 Å². The molecule has 0 aliphatic carbocycles. The van der Waals surface area contributed by atoms with Gasteiger partial charge >= 0.3 is 0 Å². The van der Waals surface area contributed by atoms with E-state index in [0.717, 1.165) is 33.9 Å². The van der Waals surface area contributed by atoms with Gasteiger partial charge in [0.05, 0.1) is 13.7 Å². The Morgan fingerprint density at radius 1 is 1.31 bits per heavy atom. The summed E-state index contributed by atoms with van der Waals surface area (Å²) in [6.45, 7) is 1.09. The summed E-state index contributed by atoms with van der Waals surface area (Å²) in [5.41, 5.74) is 1.01. The number of thiophene rings is 1. The fourth-order valence-corrected chi connectivity index (χ4v) is 4.15. The van der Waals surface area contributed by atoms with Crippen molar-refractivity contribution in [2.24, 2.45) is 10.1 Å². The van der Waals surface area contributed by atoms with Crippen molar-refractivity contribution >= 4 is 38.9 Å². The summed E-state index contributed by atoms with van der Waals surface area (Å²) in [6.07, 6.45) is 0.720. The molecule has 142 valence electrons. The Morgan fingerprint density at radius 3 is 2.65 bits per heavy atom. The van der Waals surface area contributed by atoms with Gasteiger partial charge in [-0.3, -0.25) is 4.99 Å². The minimum atomic E-state index is -3.66. The summed E-state index contributed by atoms with van der Waals surface area (Å²) in [4.78, 5) is 4.99. The van der Waals surface area contributed by atoms with Crippen LogP contribution in [0.3, 0.4) is 0 Å². The monoisotopic (exact) mass is 416 g/mol. The number of aliphatic imine (C=N–C) groups is 1. The number of sulfonamides is 1. The zero-order chi connectivity index (χ0) is 19.2. The van der Waals surface area contributed by atoms with Gasteiger partial charge in [-0.15, -0.1) is 11.3 Å². The number of hydrogen-bond donors (Lipinski definition) is 3. The number of nitrogens with zero attached hydrogens (tertiary/aromatic N) is 1. The number of ether oxygens (including phenoxy) is 1. The van der Waals surface area contributed by atoms with E-state index in [9.17, 15) is 8.42 Å². The highest BCUT2D eigenvalue weighted by molar-refractivity contribution is 7.91. The lowest BCUT2D eigenvalue weighted by Gasteiger charge is -2.12. The van der Waals surface area contributed by atoms with Crippen LogP contribution in [0.25, 0.3) is 0 Å². The summed E-state index contributed by atoms with van der Waals surface area (Å²) >= 11 is 7.36. The summed E-state index contributed by atoms with van der Waals surface area (Å²) in [5, 5.41) is 12.1. The fraction of sp³-hybridized carbons (Fsp3) is 0.312. The second-order valence-corrected chi connectivity index (χ2v) is 8.69. The Balaban J connectivity index is 1.84. The molecule has 0 aliphatic rings. The van der Waals surface area contributed by atoms with Crippen molar-refractivity contribution in [3.8, 4) is 5.75 Å². The molecule has 0 spiro atoms. The molecule has 4 N–H and O–H groups in total. The third kappa shape index (κ3) is 5.87. The topological polar surface area (TPSA) is 106 Å². The van der Waals surface area contributed by atoms with Crippen LogP contribution in [0.15, 0.2) is 39.5 Å². The summed E-state index contributed by atoms with van der Waals surface area (Å²) in [6, 6.07) is 8.80. The number of primary sulfonamides is 1. The predicted octanol–water partition coefficient (Wildman–Crippen LogP) is 1.97. The molecule has 0 atom stereocenters. The first-order chi connectivity index (χ1) is 12.3. The highest BCUT2D eigenvalue weighted by Crippen LogP contribution is 2.22. The standard InChI is InChI=1S/C16H21ClN4O3S2/c1-19-16(21-10-13-5-6-15(25-13)26(18,22)23)20-8-7-11-3-4-12(24-2)9-14(11)17/h3-6,9H,7-8,10H2,1-2H3,(H2,18,22,23)(H2,19,20,21). The Labute approximate surface area is 162 Å². The van der Waals surface area contributed by atoms with E-state index in [0.29, 0.717) is 24.1 Å². The quantitative estimate of drug-likeness (QED) is 0.472. The minimum absolute atomic E-state index is 0.145. The molecule has 0 unspecified atom stereocenters. The average molecular weight is 417 g/mol. The number of halogens is 1. The van der Waals surface area contributed by atoms with Gasteiger partial charge in [0.25, 0.3) is 0 Å². The number of guanidine groups is 1. The molecule has 0 saturated heterocycles. The number of rotatable bonds is 7. The molecule has 1 aromatic carbocycles. The van der Waals surface area contributed by atoms with E-state index in [1.807, 2.05) is 12.1 Å². The van der Waals surface area contributed by atoms with Crippen LogP contribution in [0.5, 0.6) is 5.75 Å². The maximum Gasteiger partial charge on any atom is 0.247 e. The Hall–Kier alpha value is -1.81. The molecule has 0 bridgehead atoms. The number of methoxy groups -OCH3 is 1. The molecule has 1 heterocycles. The van der Waals surface area contributed by atoms with E-state index in [2.05, 4.69) is 15.6 Å². The van der Waals surface area contributed by atoms with E-state index >= 15 is 0 Å². The van der Waals surface area contributed by atoms with Gasteiger partial charge in [-0.2, -0.15) is 0 Å². The van der Waals surface area contributed by atoms with Crippen LogP contribution >= 0.6 is 22.9 Å². The molecule has 0 saturated carbocycles. The highest BCUT2D eigenvalue weighted by atomic mass is 35.5. The highest BCUT2D eigenvalue weighted by Gasteiger charge is 2.11. The molecule has 0 aliphatic heterocycles. The van der Waals surface area contributed by atoms with E-state index in [1.165, 1.54) is 6.07 Å². The van der Waals surface area contributed by atoms with Crippen LogP contribution in [0.2, 0.25) is 5.02 Å². The van der Waals surface area contributed by atoms with Crippen LogP contribution in [0, 0.1) is 0 Å². The van der Waals surface area contributed by atoms with Gasteiger partial charge in [-0.05, 0) is 36.2 Å². The van der Waals surface area contributed by atoms with Crippen LogP contribution in [0.4, 0.5) is 0 Å². The third-order valence-corrected chi connectivity index (χ3v) is 6.39. The Kier molecular flexibility index (Phi) is 7.27. The lowest BCUT2D eigenvalue weighted by atomic mass is 10.1. The van der Waals surface area contributed by atoms with E-state index in [4.69, 9.17) is 21.5 Å². The first-order valence-electron chi connectivity index (χ1n) is 7.72. The molecule has 2 rings (SSSR count). The normalized spacial score (nSPS) is 12.1. The zero-order valence-electron chi connectivity index (χ0n) is 14.5. The summed E-state index contributed by atoms with van der Waals surface area (Å²) in [7, 11) is -0.391. The lowest BCUT2D eigenvalue weighted by molar-refractivity contribution is 0.414. The fourth-order valence-electron chi connectivity index (χ4n) is 2.17. The van der Waals surface area contributed by atoms with Crippen LogP contribution < -0.4 is 20.5 Å². The number of nitrogens with two attached hydrogens (primary N) is 1. The molecule has 0 fully saturated rings. The average Bonchev–Trinajstić information content (AvgIpc) is 3.08. The molecule has 2 aromatic rings.